The van der Waals surface area contributed by atoms with Gasteiger partial charge in [-0.1, -0.05) is 23.7 Å². The first-order valence-corrected chi connectivity index (χ1v) is 10.8. The summed E-state index contributed by atoms with van der Waals surface area (Å²) >= 11 is 6.04. The summed E-state index contributed by atoms with van der Waals surface area (Å²) in [6.07, 6.45) is 1.02. The van der Waals surface area contributed by atoms with E-state index in [-0.39, 0.29) is 11.4 Å². The molecule has 0 spiro atoms. The van der Waals surface area contributed by atoms with Crippen molar-refractivity contribution in [2.45, 2.75) is 19.9 Å². The molecule has 0 bridgehead atoms. The van der Waals surface area contributed by atoms with E-state index in [2.05, 4.69) is 5.32 Å². The molecule has 1 amide bonds. The van der Waals surface area contributed by atoms with Crippen LogP contribution in [0.4, 0.5) is 11.4 Å². The smallest absolute Gasteiger partial charge is 0.248 e. The Morgan fingerprint density at radius 1 is 1.21 bits per heavy atom. The number of methoxy groups -OCH3 is 1. The minimum Gasteiger partial charge on any atom is -0.495 e. The van der Waals surface area contributed by atoms with Gasteiger partial charge in [-0.15, -0.1) is 0 Å². The molecule has 2 aromatic carbocycles. The maximum atomic E-state index is 12.9. The second-order valence-electron chi connectivity index (χ2n) is 5.97. The van der Waals surface area contributed by atoms with Gasteiger partial charge in [0.1, 0.15) is 17.5 Å². The number of hydrogen-bond acceptors (Lipinski definition) is 5. The molecule has 0 aliphatic rings. The Balaban J connectivity index is 2.41. The molecule has 0 unspecified atom stereocenters. The third-order valence-electron chi connectivity index (χ3n) is 3.91. The Bertz CT molecular complexity index is 949. The van der Waals surface area contributed by atoms with Crippen molar-refractivity contribution in [2.75, 3.05) is 29.6 Å². The summed E-state index contributed by atoms with van der Waals surface area (Å²) in [7, 11) is -2.41. The number of nitrogens with one attached hydrogen (secondary N) is 1. The number of rotatable bonds is 8. The largest absolute Gasteiger partial charge is 0.495 e. The van der Waals surface area contributed by atoms with Crippen LogP contribution in [-0.2, 0) is 14.8 Å². The zero-order valence-corrected chi connectivity index (χ0v) is 17.7. The molecule has 0 radical (unpaired) electrons. The van der Waals surface area contributed by atoms with Gasteiger partial charge in [-0.05, 0) is 44.2 Å². The molecule has 0 heterocycles. The number of benzene rings is 2. The SMILES string of the molecule is CCOc1ccccc1NC(=O)[C@@H](C)N(c1cc(Cl)ccc1OC)S(C)(=O)=O. The molecule has 0 aromatic heterocycles. The van der Waals surface area contributed by atoms with Crippen LogP contribution < -0.4 is 19.1 Å². The molecule has 0 aliphatic carbocycles. The highest BCUT2D eigenvalue weighted by atomic mass is 35.5. The number of para-hydroxylation sites is 2. The van der Waals surface area contributed by atoms with Crippen molar-refractivity contribution in [3.63, 3.8) is 0 Å². The van der Waals surface area contributed by atoms with E-state index < -0.39 is 22.0 Å². The number of ether oxygens (including phenoxy) is 2. The summed E-state index contributed by atoms with van der Waals surface area (Å²) in [6, 6.07) is 10.4. The summed E-state index contributed by atoms with van der Waals surface area (Å²) in [4.78, 5) is 12.9. The van der Waals surface area contributed by atoms with Crippen molar-refractivity contribution >= 4 is 38.9 Å². The lowest BCUT2D eigenvalue weighted by Crippen LogP contribution is -2.45. The molecule has 0 fully saturated rings. The highest BCUT2D eigenvalue weighted by Crippen LogP contribution is 2.34. The van der Waals surface area contributed by atoms with Gasteiger partial charge >= 0.3 is 0 Å². The molecule has 7 nitrogen and oxygen atoms in total. The van der Waals surface area contributed by atoms with Gasteiger partial charge in [0.05, 0.1) is 31.3 Å². The zero-order chi connectivity index (χ0) is 20.9. The molecule has 2 rings (SSSR count). The van der Waals surface area contributed by atoms with Gasteiger partial charge in [0.25, 0.3) is 0 Å². The predicted molar refractivity (Wildman–Crippen MR) is 111 cm³/mol. The molecule has 0 saturated carbocycles. The maximum absolute atomic E-state index is 12.9. The van der Waals surface area contributed by atoms with Crippen molar-refractivity contribution in [1.29, 1.82) is 0 Å². The van der Waals surface area contributed by atoms with Gasteiger partial charge in [0.15, 0.2) is 0 Å². The molecule has 9 heteroatoms. The number of nitrogens with zero attached hydrogens (tertiary/aromatic N) is 1. The molecule has 0 saturated heterocycles. The van der Waals surface area contributed by atoms with E-state index in [1.165, 1.54) is 20.1 Å². The maximum Gasteiger partial charge on any atom is 0.248 e. The average Bonchev–Trinajstić information content (AvgIpc) is 2.62. The highest BCUT2D eigenvalue weighted by Gasteiger charge is 2.31. The Labute approximate surface area is 170 Å². The molecule has 1 atom stereocenters. The first-order chi connectivity index (χ1) is 13.2. The number of hydrogen-bond donors (Lipinski definition) is 1. The van der Waals surface area contributed by atoms with E-state index in [0.717, 1.165) is 10.6 Å². The predicted octanol–water partition coefficient (Wildman–Crippen LogP) is 3.54. The summed E-state index contributed by atoms with van der Waals surface area (Å²) in [5.41, 5.74) is 0.631. The van der Waals surface area contributed by atoms with Crippen LogP contribution in [0.1, 0.15) is 13.8 Å². The zero-order valence-electron chi connectivity index (χ0n) is 16.1. The summed E-state index contributed by atoms with van der Waals surface area (Å²) in [6.45, 7) is 3.75. The first kappa shape index (κ1) is 21.8. The van der Waals surface area contributed by atoms with Crippen LogP contribution in [0.25, 0.3) is 0 Å². The van der Waals surface area contributed by atoms with E-state index in [9.17, 15) is 13.2 Å². The normalized spacial score (nSPS) is 12.2. The van der Waals surface area contributed by atoms with Crippen molar-refractivity contribution in [1.82, 2.24) is 0 Å². The molecule has 1 N–H and O–H groups in total. The van der Waals surface area contributed by atoms with Crippen molar-refractivity contribution < 1.29 is 22.7 Å². The van der Waals surface area contributed by atoms with Gasteiger partial charge in [-0.25, -0.2) is 8.42 Å². The molecule has 0 aliphatic heterocycles. The van der Waals surface area contributed by atoms with Crippen molar-refractivity contribution in [2.24, 2.45) is 0 Å². The fourth-order valence-electron chi connectivity index (χ4n) is 2.70. The molecule has 152 valence electrons. The van der Waals surface area contributed by atoms with E-state index in [4.69, 9.17) is 21.1 Å². The Kier molecular flexibility index (Phi) is 7.15. The van der Waals surface area contributed by atoms with Crippen LogP contribution in [0.2, 0.25) is 5.02 Å². The minimum atomic E-state index is -3.82. The van der Waals surface area contributed by atoms with Crippen LogP contribution in [0, 0.1) is 0 Å². The topological polar surface area (TPSA) is 84.9 Å². The molecule has 28 heavy (non-hydrogen) atoms. The second kappa shape index (κ2) is 9.16. The Hall–Kier alpha value is -2.45. The van der Waals surface area contributed by atoms with Gasteiger partial charge in [0, 0.05) is 5.02 Å². The standard InChI is InChI=1S/C19H23ClN2O5S/c1-5-27-17-9-7-6-8-15(17)21-19(23)13(2)22(28(4,24)25)16-12-14(20)10-11-18(16)26-3/h6-13H,5H2,1-4H3,(H,21,23)/t13-/m1/s1. The van der Waals surface area contributed by atoms with Gasteiger partial charge in [0.2, 0.25) is 15.9 Å². The summed E-state index contributed by atoms with van der Waals surface area (Å²) < 4.78 is 36.7. The molecular formula is C19H23ClN2O5S. The fourth-order valence-corrected chi connectivity index (χ4v) is 4.04. The average molecular weight is 427 g/mol. The monoisotopic (exact) mass is 426 g/mol. The third kappa shape index (κ3) is 5.08. The van der Waals surface area contributed by atoms with Crippen molar-refractivity contribution in [3.8, 4) is 11.5 Å². The van der Waals surface area contributed by atoms with E-state index >= 15 is 0 Å². The van der Waals surface area contributed by atoms with Gasteiger partial charge < -0.3 is 14.8 Å². The fraction of sp³-hybridized carbons (Fsp3) is 0.316. The van der Waals surface area contributed by atoms with Crippen LogP contribution in [0.5, 0.6) is 11.5 Å². The number of halogens is 1. The first-order valence-electron chi connectivity index (χ1n) is 8.54. The lowest BCUT2D eigenvalue weighted by Gasteiger charge is -2.29. The van der Waals surface area contributed by atoms with E-state index in [1.807, 2.05) is 6.92 Å². The van der Waals surface area contributed by atoms with E-state index in [0.29, 0.717) is 23.1 Å². The van der Waals surface area contributed by atoms with Crippen LogP contribution >= 0.6 is 11.6 Å². The van der Waals surface area contributed by atoms with Gasteiger partial charge in [-0.2, -0.15) is 0 Å². The minimum absolute atomic E-state index is 0.179. The van der Waals surface area contributed by atoms with E-state index in [1.54, 1.807) is 36.4 Å². The van der Waals surface area contributed by atoms with Crippen LogP contribution in [-0.4, -0.2) is 40.3 Å². The number of sulfonamides is 1. The molecule has 2 aromatic rings. The highest BCUT2D eigenvalue weighted by molar-refractivity contribution is 7.92. The summed E-state index contributed by atoms with van der Waals surface area (Å²) in [5.74, 6) is 0.251. The van der Waals surface area contributed by atoms with Gasteiger partial charge in [-0.3, -0.25) is 9.10 Å². The Morgan fingerprint density at radius 2 is 1.89 bits per heavy atom. The third-order valence-corrected chi connectivity index (χ3v) is 5.37. The molecular weight excluding hydrogens is 404 g/mol. The number of carbonyl (C=O) groups is 1. The second-order valence-corrected chi connectivity index (χ2v) is 8.27. The quantitative estimate of drug-likeness (QED) is 0.697. The lowest BCUT2D eigenvalue weighted by atomic mass is 10.2. The van der Waals surface area contributed by atoms with Crippen molar-refractivity contribution in [3.05, 3.63) is 47.5 Å². The number of amides is 1. The number of carbonyl (C=O) groups excluding carboxylic acids is 1. The Morgan fingerprint density at radius 3 is 2.50 bits per heavy atom. The lowest BCUT2D eigenvalue weighted by molar-refractivity contribution is -0.116. The van der Waals surface area contributed by atoms with Crippen LogP contribution in [0.3, 0.4) is 0 Å². The number of anilines is 2. The van der Waals surface area contributed by atoms with Crippen LogP contribution in [0.15, 0.2) is 42.5 Å². The summed E-state index contributed by atoms with van der Waals surface area (Å²) in [5, 5.41) is 3.04.